The first-order valence-electron chi connectivity index (χ1n) is 8.87. The lowest BCUT2D eigenvalue weighted by atomic mass is 10.0. The van der Waals surface area contributed by atoms with Gasteiger partial charge >= 0.3 is 0 Å². The third-order valence-corrected chi connectivity index (χ3v) is 4.57. The molecule has 0 aromatic carbocycles. The molecule has 1 aliphatic rings. The lowest BCUT2D eigenvalue weighted by molar-refractivity contribution is -0.122. The predicted molar refractivity (Wildman–Crippen MR) is 108 cm³/mol. The molecule has 27 heavy (non-hydrogen) atoms. The van der Waals surface area contributed by atoms with Gasteiger partial charge in [-0.1, -0.05) is 19.0 Å². The van der Waals surface area contributed by atoms with Crippen molar-refractivity contribution in [3.63, 3.8) is 0 Å². The van der Waals surface area contributed by atoms with Gasteiger partial charge in [0.25, 0.3) is 0 Å². The number of aromatic nitrogens is 3. The Morgan fingerprint density at radius 1 is 1.33 bits per heavy atom. The second-order valence-electron chi connectivity index (χ2n) is 6.88. The molecule has 1 saturated heterocycles. The second-order valence-corrected chi connectivity index (χ2v) is 6.88. The Balaban J connectivity index is 0.00000182. The maximum absolute atomic E-state index is 12.3. The highest BCUT2D eigenvalue weighted by atomic mass is 35.5. The van der Waals surface area contributed by atoms with Crippen LogP contribution in [-0.2, 0) is 4.79 Å². The number of pyridine rings is 1. The van der Waals surface area contributed by atoms with E-state index >= 15 is 0 Å². The third kappa shape index (κ3) is 6.45. The van der Waals surface area contributed by atoms with E-state index in [4.69, 9.17) is 4.52 Å². The molecule has 150 valence electrons. The van der Waals surface area contributed by atoms with Crippen LogP contribution in [0.5, 0.6) is 0 Å². The summed E-state index contributed by atoms with van der Waals surface area (Å²) in [5, 5.41) is 10.4. The molecular formula is C18H27Cl2N5O2. The molecule has 2 unspecified atom stereocenters. The van der Waals surface area contributed by atoms with Crippen LogP contribution in [-0.4, -0.2) is 34.1 Å². The van der Waals surface area contributed by atoms with Gasteiger partial charge in [-0.15, -0.1) is 24.8 Å². The highest BCUT2D eigenvalue weighted by molar-refractivity contribution is 5.85. The van der Waals surface area contributed by atoms with E-state index in [9.17, 15) is 4.79 Å². The highest BCUT2D eigenvalue weighted by Gasteiger charge is 2.25. The van der Waals surface area contributed by atoms with Crippen LogP contribution in [0.2, 0.25) is 0 Å². The number of amides is 1. The molecule has 2 N–H and O–H groups in total. The Labute approximate surface area is 171 Å². The van der Waals surface area contributed by atoms with E-state index < -0.39 is 0 Å². The van der Waals surface area contributed by atoms with E-state index in [1.165, 1.54) is 0 Å². The number of hydrogen-bond acceptors (Lipinski definition) is 6. The summed E-state index contributed by atoms with van der Waals surface area (Å²) in [4.78, 5) is 20.8. The number of carbonyl (C=O) groups excluding carboxylic acids is 1. The normalized spacial score (nSPS) is 17.1. The summed E-state index contributed by atoms with van der Waals surface area (Å²) in [6.07, 6.45) is 5.96. The Kier molecular flexibility index (Phi) is 9.69. The van der Waals surface area contributed by atoms with E-state index in [0.29, 0.717) is 24.1 Å². The maximum Gasteiger partial charge on any atom is 0.249 e. The Bertz CT molecular complexity index is 690. The van der Waals surface area contributed by atoms with Crippen LogP contribution < -0.4 is 10.6 Å². The van der Waals surface area contributed by atoms with Crippen molar-refractivity contribution in [2.75, 3.05) is 13.1 Å². The monoisotopic (exact) mass is 415 g/mol. The van der Waals surface area contributed by atoms with Crippen LogP contribution in [0.1, 0.15) is 45.0 Å². The summed E-state index contributed by atoms with van der Waals surface area (Å²) in [5.74, 6) is 1.74. The fourth-order valence-electron chi connectivity index (χ4n) is 3.03. The predicted octanol–water partition coefficient (Wildman–Crippen LogP) is 3.18. The van der Waals surface area contributed by atoms with Gasteiger partial charge in [-0.05, 0) is 49.9 Å². The fourth-order valence-corrected chi connectivity index (χ4v) is 3.03. The number of halogens is 2. The lowest BCUT2D eigenvalue weighted by Crippen LogP contribution is -2.32. The molecule has 1 amide bonds. The quantitative estimate of drug-likeness (QED) is 0.720. The molecule has 9 heteroatoms. The minimum absolute atomic E-state index is 0. The summed E-state index contributed by atoms with van der Waals surface area (Å²) in [5.41, 5.74) is 0.840. The smallest absolute Gasteiger partial charge is 0.249 e. The molecule has 2 atom stereocenters. The average Bonchev–Trinajstić information content (AvgIpc) is 3.30. The van der Waals surface area contributed by atoms with Gasteiger partial charge in [0.1, 0.15) is 6.04 Å². The van der Waals surface area contributed by atoms with Gasteiger partial charge in [0, 0.05) is 24.4 Å². The van der Waals surface area contributed by atoms with Gasteiger partial charge in [-0.3, -0.25) is 9.78 Å². The molecule has 3 rings (SSSR count). The van der Waals surface area contributed by atoms with Crippen LogP contribution in [0.15, 0.2) is 29.0 Å². The van der Waals surface area contributed by atoms with Crippen molar-refractivity contribution in [3.05, 3.63) is 30.4 Å². The van der Waals surface area contributed by atoms with Crippen LogP contribution in [0.4, 0.5) is 0 Å². The van der Waals surface area contributed by atoms with Crippen molar-refractivity contribution in [1.82, 2.24) is 25.8 Å². The van der Waals surface area contributed by atoms with Gasteiger partial charge in [0.05, 0.1) is 0 Å². The highest BCUT2D eigenvalue weighted by Crippen LogP contribution is 2.24. The number of hydrogen-bond donors (Lipinski definition) is 2. The standard InChI is InChI=1S/C18H25N5O2.2ClH/c1-12(2)16(21-15(24)4-3-13-5-8-20-11-13)18-22-17(23-25-18)14-6-9-19-10-7-14;;/h6-7,9-10,12-13,16,20H,3-5,8,11H2,1-2H3,(H,21,24);2*1H. The second kappa shape index (κ2) is 11.2. The lowest BCUT2D eigenvalue weighted by Gasteiger charge is -2.19. The van der Waals surface area contributed by atoms with Crippen LogP contribution >= 0.6 is 24.8 Å². The zero-order valence-corrected chi connectivity index (χ0v) is 17.2. The van der Waals surface area contributed by atoms with Crippen molar-refractivity contribution < 1.29 is 9.32 Å². The van der Waals surface area contributed by atoms with Gasteiger partial charge in [0.15, 0.2) is 0 Å². The van der Waals surface area contributed by atoms with Crippen molar-refractivity contribution in [3.8, 4) is 11.4 Å². The van der Waals surface area contributed by atoms with E-state index in [-0.39, 0.29) is 42.7 Å². The van der Waals surface area contributed by atoms with Crippen LogP contribution in [0, 0.1) is 11.8 Å². The summed E-state index contributed by atoms with van der Waals surface area (Å²) in [6.45, 7) is 6.13. The average molecular weight is 416 g/mol. The minimum atomic E-state index is -0.280. The van der Waals surface area contributed by atoms with Crippen molar-refractivity contribution in [1.29, 1.82) is 0 Å². The molecule has 2 aromatic heterocycles. The largest absolute Gasteiger partial charge is 0.344 e. The first kappa shape index (κ1) is 23.3. The fraction of sp³-hybridized carbons (Fsp3) is 0.556. The van der Waals surface area contributed by atoms with Gasteiger partial charge in [-0.2, -0.15) is 4.98 Å². The van der Waals surface area contributed by atoms with E-state index in [1.54, 1.807) is 12.4 Å². The van der Waals surface area contributed by atoms with E-state index in [1.807, 2.05) is 26.0 Å². The molecule has 0 radical (unpaired) electrons. The Hall–Kier alpha value is -1.70. The molecule has 1 aliphatic heterocycles. The third-order valence-electron chi connectivity index (χ3n) is 4.57. The summed E-state index contributed by atoms with van der Waals surface area (Å²) in [6, 6.07) is 3.37. The van der Waals surface area contributed by atoms with Crippen molar-refractivity contribution >= 4 is 30.7 Å². The first-order chi connectivity index (χ1) is 12.1. The first-order valence-corrected chi connectivity index (χ1v) is 8.87. The molecule has 1 fully saturated rings. The number of nitrogens with zero attached hydrogens (tertiary/aromatic N) is 3. The molecule has 3 heterocycles. The van der Waals surface area contributed by atoms with E-state index in [0.717, 1.165) is 31.5 Å². The van der Waals surface area contributed by atoms with Crippen LogP contribution in [0.3, 0.4) is 0 Å². The number of nitrogens with one attached hydrogen (secondary N) is 2. The zero-order chi connectivity index (χ0) is 17.6. The molecular weight excluding hydrogens is 389 g/mol. The summed E-state index contributed by atoms with van der Waals surface area (Å²) < 4.78 is 5.42. The SMILES string of the molecule is CC(C)C(NC(=O)CCC1CCNC1)c1nc(-c2ccncc2)no1.Cl.Cl. The van der Waals surface area contributed by atoms with Gasteiger partial charge in [-0.25, -0.2) is 0 Å². The number of carbonyl (C=O) groups is 1. The molecule has 0 aliphatic carbocycles. The van der Waals surface area contributed by atoms with E-state index in [2.05, 4.69) is 25.8 Å². The molecule has 0 bridgehead atoms. The Morgan fingerprint density at radius 3 is 2.70 bits per heavy atom. The maximum atomic E-state index is 12.3. The minimum Gasteiger partial charge on any atom is -0.344 e. The van der Waals surface area contributed by atoms with Crippen molar-refractivity contribution in [2.24, 2.45) is 11.8 Å². The zero-order valence-electron chi connectivity index (χ0n) is 15.6. The number of rotatable bonds is 7. The van der Waals surface area contributed by atoms with Gasteiger partial charge < -0.3 is 15.2 Å². The van der Waals surface area contributed by atoms with Gasteiger partial charge in [0.2, 0.25) is 17.6 Å². The molecule has 7 nitrogen and oxygen atoms in total. The van der Waals surface area contributed by atoms with Crippen LogP contribution in [0.25, 0.3) is 11.4 Å². The Morgan fingerprint density at radius 2 is 2.07 bits per heavy atom. The molecule has 0 spiro atoms. The topological polar surface area (TPSA) is 92.9 Å². The summed E-state index contributed by atoms with van der Waals surface area (Å²) >= 11 is 0. The summed E-state index contributed by atoms with van der Waals surface area (Å²) in [7, 11) is 0. The molecule has 2 aromatic rings. The molecule has 0 saturated carbocycles. The van der Waals surface area contributed by atoms with Crippen molar-refractivity contribution in [2.45, 2.75) is 39.2 Å².